The van der Waals surface area contributed by atoms with Crippen LogP contribution in [0.2, 0.25) is 0 Å². The Hall–Kier alpha value is -3.49. The Morgan fingerprint density at radius 1 is 1.00 bits per heavy atom. The van der Waals surface area contributed by atoms with E-state index in [-0.39, 0.29) is 12.3 Å². The quantitative estimate of drug-likeness (QED) is 0.580. The highest BCUT2D eigenvalue weighted by molar-refractivity contribution is 5.78. The first-order chi connectivity index (χ1) is 16.1. The van der Waals surface area contributed by atoms with Crippen LogP contribution in [0.1, 0.15) is 42.0 Å². The van der Waals surface area contributed by atoms with Crippen molar-refractivity contribution in [3.63, 3.8) is 0 Å². The van der Waals surface area contributed by atoms with Gasteiger partial charge in [-0.2, -0.15) is 5.26 Å². The van der Waals surface area contributed by atoms with Crippen LogP contribution in [0.5, 0.6) is 0 Å². The van der Waals surface area contributed by atoms with E-state index in [1.807, 2.05) is 24.3 Å². The summed E-state index contributed by atoms with van der Waals surface area (Å²) in [5.41, 5.74) is 5.80. The highest BCUT2D eigenvalue weighted by Gasteiger charge is 2.15. The van der Waals surface area contributed by atoms with E-state index >= 15 is 0 Å². The first-order valence-electron chi connectivity index (χ1n) is 11.6. The lowest BCUT2D eigenvalue weighted by Gasteiger charge is -2.30. The van der Waals surface area contributed by atoms with E-state index in [0.29, 0.717) is 12.1 Å². The van der Waals surface area contributed by atoms with Crippen LogP contribution < -0.4 is 5.32 Å². The average molecular weight is 439 g/mol. The first kappa shape index (κ1) is 22.7. The van der Waals surface area contributed by atoms with Crippen molar-refractivity contribution in [1.29, 1.82) is 5.26 Å². The number of piperidine rings is 1. The first-order valence-corrected chi connectivity index (χ1v) is 11.6. The summed E-state index contributed by atoms with van der Waals surface area (Å²) in [6.07, 6.45) is 4.65. The number of pyridine rings is 1. The standard InChI is InChI=1S/C28H30N4O/c1-21-12-14-32(15-13-21)20-24-6-9-26(10-7-24)27-11-8-25(19-30-27)16-28(33)31-18-23-4-2-22(17-29)3-5-23/h2-11,19,21H,12-16,18,20H2,1H3,(H,31,33). The van der Waals surface area contributed by atoms with Crippen molar-refractivity contribution in [3.05, 3.63) is 89.1 Å². The predicted molar refractivity (Wildman–Crippen MR) is 130 cm³/mol. The van der Waals surface area contributed by atoms with Crippen molar-refractivity contribution in [2.24, 2.45) is 5.92 Å². The van der Waals surface area contributed by atoms with Crippen LogP contribution in [-0.4, -0.2) is 28.9 Å². The van der Waals surface area contributed by atoms with E-state index in [9.17, 15) is 4.79 Å². The van der Waals surface area contributed by atoms with Gasteiger partial charge in [0.2, 0.25) is 5.91 Å². The molecule has 2 heterocycles. The third-order valence-corrected chi connectivity index (χ3v) is 6.29. The van der Waals surface area contributed by atoms with E-state index in [1.54, 1.807) is 18.3 Å². The number of nitriles is 1. The van der Waals surface area contributed by atoms with Crippen molar-refractivity contribution in [1.82, 2.24) is 15.2 Å². The Morgan fingerprint density at radius 3 is 2.30 bits per heavy atom. The molecule has 5 nitrogen and oxygen atoms in total. The Kier molecular flexibility index (Phi) is 7.49. The van der Waals surface area contributed by atoms with Crippen molar-refractivity contribution >= 4 is 5.91 Å². The Morgan fingerprint density at radius 2 is 1.67 bits per heavy atom. The van der Waals surface area contributed by atoms with Gasteiger partial charge in [0.05, 0.1) is 23.7 Å². The molecule has 5 heteroatoms. The molecular formula is C28H30N4O. The fourth-order valence-corrected chi connectivity index (χ4v) is 4.10. The van der Waals surface area contributed by atoms with Gasteiger partial charge in [-0.1, -0.05) is 49.4 Å². The number of hydrogen-bond donors (Lipinski definition) is 1. The molecule has 0 aliphatic carbocycles. The van der Waals surface area contributed by atoms with Crippen LogP contribution in [-0.2, 0) is 24.3 Å². The lowest BCUT2D eigenvalue weighted by atomic mass is 9.98. The molecule has 0 bridgehead atoms. The largest absolute Gasteiger partial charge is 0.352 e. The Balaban J connectivity index is 1.27. The van der Waals surface area contributed by atoms with Crippen LogP contribution in [0, 0.1) is 17.2 Å². The molecule has 4 rings (SSSR count). The predicted octanol–water partition coefficient (Wildman–Crippen LogP) is 4.71. The molecule has 0 atom stereocenters. The molecule has 1 N–H and O–H groups in total. The molecule has 33 heavy (non-hydrogen) atoms. The monoisotopic (exact) mass is 438 g/mol. The molecule has 0 radical (unpaired) electrons. The number of amides is 1. The number of nitrogens with one attached hydrogen (secondary N) is 1. The minimum Gasteiger partial charge on any atom is -0.352 e. The summed E-state index contributed by atoms with van der Waals surface area (Å²) < 4.78 is 0. The van der Waals surface area contributed by atoms with E-state index in [4.69, 9.17) is 5.26 Å². The third-order valence-electron chi connectivity index (χ3n) is 6.29. The molecule has 1 aliphatic rings. The lowest BCUT2D eigenvalue weighted by molar-refractivity contribution is -0.120. The van der Waals surface area contributed by atoms with Crippen LogP contribution >= 0.6 is 0 Å². The molecule has 0 spiro atoms. The molecule has 3 aromatic rings. The van der Waals surface area contributed by atoms with Crippen LogP contribution in [0.4, 0.5) is 0 Å². The lowest BCUT2D eigenvalue weighted by Crippen LogP contribution is -2.32. The zero-order chi connectivity index (χ0) is 23.0. The van der Waals surface area contributed by atoms with Gasteiger partial charge in [-0.05, 0) is 66.7 Å². The molecule has 1 saturated heterocycles. The highest BCUT2D eigenvalue weighted by atomic mass is 16.1. The number of hydrogen-bond acceptors (Lipinski definition) is 4. The minimum absolute atomic E-state index is 0.0506. The van der Waals surface area contributed by atoms with Crippen molar-refractivity contribution in [2.45, 2.75) is 39.3 Å². The van der Waals surface area contributed by atoms with Crippen molar-refractivity contribution < 1.29 is 4.79 Å². The average Bonchev–Trinajstić information content (AvgIpc) is 2.85. The summed E-state index contributed by atoms with van der Waals surface area (Å²) in [7, 11) is 0. The number of rotatable bonds is 7. The minimum atomic E-state index is -0.0506. The van der Waals surface area contributed by atoms with E-state index < -0.39 is 0 Å². The van der Waals surface area contributed by atoms with Gasteiger partial charge >= 0.3 is 0 Å². The van der Waals surface area contributed by atoms with Gasteiger partial charge < -0.3 is 5.32 Å². The third kappa shape index (κ3) is 6.50. The summed E-state index contributed by atoms with van der Waals surface area (Å²) in [5.74, 6) is 0.802. The number of aromatic nitrogens is 1. The van der Waals surface area contributed by atoms with Crippen LogP contribution in [0.3, 0.4) is 0 Å². The zero-order valence-corrected chi connectivity index (χ0v) is 19.1. The fraction of sp³-hybridized carbons (Fsp3) is 0.321. The number of nitrogens with zero attached hydrogens (tertiary/aromatic N) is 3. The summed E-state index contributed by atoms with van der Waals surface area (Å²) in [6.45, 7) is 6.17. The molecule has 1 aromatic heterocycles. The molecule has 168 valence electrons. The van der Waals surface area contributed by atoms with Gasteiger partial charge in [0.1, 0.15) is 0 Å². The maximum absolute atomic E-state index is 12.3. The summed E-state index contributed by atoms with van der Waals surface area (Å²) >= 11 is 0. The van der Waals surface area contributed by atoms with Crippen molar-refractivity contribution in [3.8, 4) is 17.3 Å². The van der Waals surface area contributed by atoms with Crippen LogP contribution in [0.25, 0.3) is 11.3 Å². The molecule has 0 unspecified atom stereocenters. The van der Waals surface area contributed by atoms with E-state index in [0.717, 1.165) is 34.8 Å². The van der Waals surface area contributed by atoms with Crippen molar-refractivity contribution in [2.75, 3.05) is 13.1 Å². The van der Waals surface area contributed by atoms with Gasteiger partial charge in [0, 0.05) is 24.8 Å². The molecule has 1 amide bonds. The number of carbonyl (C=O) groups is 1. The summed E-state index contributed by atoms with van der Waals surface area (Å²) in [5, 5.41) is 11.8. The second kappa shape index (κ2) is 10.9. The molecule has 1 aliphatic heterocycles. The number of benzene rings is 2. The van der Waals surface area contributed by atoms with Gasteiger partial charge in [0.15, 0.2) is 0 Å². The number of carbonyl (C=O) groups excluding carboxylic acids is 1. The summed E-state index contributed by atoms with van der Waals surface area (Å²) in [4.78, 5) is 19.4. The molecule has 0 saturated carbocycles. The topological polar surface area (TPSA) is 69.0 Å². The van der Waals surface area contributed by atoms with Crippen LogP contribution in [0.15, 0.2) is 66.9 Å². The highest BCUT2D eigenvalue weighted by Crippen LogP contribution is 2.21. The molecule has 1 fully saturated rings. The molecule has 2 aromatic carbocycles. The fourth-order valence-electron chi connectivity index (χ4n) is 4.10. The van der Waals surface area contributed by atoms with E-state index in [1.165, 1.54) is 31.5 Å². The maximum Gasteiger partial charge on any atom is 0.224 e. The van der Waals surface area contributed by atoms with Gasteiger partial charge in [0.25, 0.3) is 0 Å². The molecular weight excluding hydrogens is 408 g/mol. The Labute approximate surface area is 196 Å². The summed E-state index contributed by atoms with van der Waals surface area (Å²) in [6, 6.07) is 21.9. The zero-order valence-electron chi connectivity index (χ0n) is 19.1. The smallest absolute Gasteiger partial charge is 0.224 e. The van der Waals surface area contributed by atoms with Gasteiger partial charge in [-0.15, -0.1) is 0 Å². The number of likely N-dealkylation sites (tertiary alicyclic amines) is 1. The second-order valence-corrected chi connectivity index (χ2v) is 8.97. The van der Waals surface area contributed by atoms with Gasteiger partial charge in [-0.25, -0.2) is 0 Å². The maximum atomic E-state index is 12.3. The second-order valence-electron chi connectivity index (χ2n) is 8.97. The SMILES string of the molecule is CC1CCN(Cc2ccc(-c3ccc(CC(=O)NCc4ccc(C#N)cc4)cn3)cc2)CC1. The normalized spacial score (nSPS) is 14.5. The van der Waals surface area contributed by atoms with Gasteiger partial charge in [-0.3, -0.25) is 14.7 Å². The van der Waals surface area contributed by atoms with E-state index in [2.05, 4.69) is 52.5 Å². The Bertz CT molecular complexity index is 1090.